The van der Waals surface area contributed by atoms with Gasteiger partial charge in [0.2, 0.25) is 0 Å². The molecule has 3 heteroatoms. The smallest absolute Gasteiger partial charge is 0.113 e. The van der Waals surface area contributed by atoms with Crippen molar-refractivity contribution in [3.05, 3.63) is 17.5 Å². The van der Waals surface area contributed by atoms with Crippen LogP contribution < -0.4 is 0 Å². The number of rotatable bonds is 3. The zero-order chi connectivity index (χ0) is 11.3. The van der Waals surface area contributed by atoms with E-state index in [1.54, 1.807) is 0 Å². The van der Waals surface area contributed by atoms with Gasteiger partial charge in [-0.15, -0.1) is 0 Å². The van der Waals surface area contributed by atoms with E-state index in [9.17, 15) is 5.11 Å². The van der Waals surface area contributed by atoms with Crippen LogP contribution in [0, 0.1) is 11.8 Å². The third kappa shape index (κ3) is 1.15. The highest BCUT2D eigenvalue weighted by Gasteiger charge is 2.67. The molecule has 1 aromatic rings. The lowest BCUT2D eigenvalue weighted by atomic mass is 10.0. The summed E-state index contributed by atoms with van der Waals surface area (Å²) in [5, 5.41) is 15.3. The molecule has 0 aliphatic heterocycles. The number of fused-ring (bicyclic) bond motifs is 1. The number of nitrogens with zero attached hydrogens (tertiary/aromatic N) is 2. The van der Waals surface area contributed by atoms with Crippen LogP contribution >= 0.6 is 0 Å². The molecule has 0 radical (unpaired) electrons. The van der Waals surface area contributed by atoms with Crippen LogP contribution in [0.25, 0.3) is 0 Å². The molecular weight excluding hydrogens is 200 g/mol. The summed E-state index contributed by atoms with van der Waals surface area (Å²) >= 11 is 0. The molecule has 1 aromatic heterocycles. The lowest BCUT2D eigenvalue weighted by Gasteiger charge is -2.15. The summed E-state index contributed by atoms with van der Waals surface area (Å²) in [7, 11) is 0. The molecule has 0 saturated heterocycles. The van der Waals surface area contributed by atoms with Gasteiger partial charge in [-0.05, 0) is 44.1 Å². The van der Waals surface area contributed by atoms with Crippen molar-refractivity contribution < 1.29 is 5.11 Å². The summed E-state index contributed by atoms with van der Waals surface area (Å²) in [4.78, 5) is 0. The largest absolute Gasteiger partial charge is 0.383 e. The molecule has 0 spiro atoms. The van der Waals surface area contributed by atoms with Crippen LogP contribution in [0.1, 0.15) is 44.5 Å². The van der Waals surface area contributed by atoms with E-state index in [-0.39, 0.29) is 0 Å². The molecule has 2 saturated carbocycles. The van der Waals surface area contributed by atoms with Gasteiger partial charge >= 0.3 is 0 Å². The summed E-state index contributed by atoms with van der Waals surface area (Å²) in [6.45, 7) is 5.07. The number of aromatic nitrogens is 2. The second kappa shape index (κ2) is 3.33. The molecule has 2 aliphatic carbocycles. The summed E-state index contributed by atoms with van der Waals surface area (Å²) in [5.41, 5.74) is 1.64. The van der Waals surface area contributed by atoms with E-state index in [0.29, 0.717) is 11.8 Å². The minimum Gasteiger partial charge on any atom is -0.383 e. The standard InChI is InChI=1S/C13H20N2O/c1-3-9-8-12(15(4-2)14-9)13(16)10-6-5-7-11(10)13/h8,10-11,16H,3-7H2,1-2H3. The first-order valence-corrected chi connectivity index (χ1v) is 6.51. The topological polar surface area (TPSA) is 38.0 Å². The monoisotopic (exact) mass is 220 g/mol. The Morgan fingerprint density at radius 3 is 2.69 bits per heavy atom. The highest BCUT2D eigenvalue weighted by molar-refractivity contribution is 5.30. The second-order valence-electron chi connectivity index (χ2n) is 5.16. The molecule has 2 atom stereocenters. The van der Waals surface area contributed by atoms with Gasteiger partial charge in [0.15, 0.2) is 0 Å². The molecule has 2 aliphatic rings. The molecule has 1 N–H and O–H groups in total. The van der Waals surface area contributed by atoms with Gasteiger partial charge in [0.1, 0.15) is 5.60 Å². The Morgan fingerprint density at radius 2 is 2.12 bits per heavy atom. The van der Waals surface area contributed by atoms with Crippen molar-refractivity contribution in [2.75, 3.05) is 0 Å². The van der Waals surface area contributed by atoms with Crippen molar-refractivity contribution in [3.63, 3.8) is 0 Å². The van der Waals surface area contributed by atoms with Gasteiger partial charge in [0.05, 0.1) is 11.4 Å². The van der Waals surface area contributed by atoms with Crippen LogP contribution in [0.15, 0.2) is 6.07 Å². The predicted octanol–water partition coefficient (Wildman–Crippen LogP) is 2.08. The van der Waals surface area contributed by atoms with E-state index >= 15 is 0 Å². The zero-order valence-corrected chi connectivity index (χ0v) is 10.1. The van der Waals surface area contributed by atoms with Crippen molar-refractivity contribution >= 4 is 0 Å². The Balaban J connectivity index is 1.97. The van der Waals surface area contributed by atoms with Crippen molar-refractivity contribution in [3.8, 4) is 0 Å². The highest BCUT2D eigenvalue weighted by Crippen LogP contribution is 2.66. The number of aliphatic hydroxyl groups is 1. The summed E-state index contributed by atoms with van der Waals surface area (Å²) in [6.07, 6.45) is 4.62. The maximum atomic E-state index is 10.7. The predicted molar refractivity (Wildman–Crippen MR) is 62.0 cm³/mol. The lowest BCUT2D eigenvalue weighted by Crippen LogP contribution is -2.18. The average molecular weight is 220 g/mol. The lowest BCUT2D eigenvalue weighted by molar-refractivity contribution is 0.0952. The van der Waals surface area contributed by atoms with Gasteiger partial charge in [-0.2, -0.15) is 5.10 Å². The van der Waals surface area contributed by atoms with Crippen LogP contribution in [0.5, 0.6) is 0 Å². The van der Waals surface area contributed by atoms with E-state index in [4.69, 9.17) is 0 Å². The van der Waals surface area contributed by atoms with Crippen LogP contribution in [0.4, 0.5) is 0 Å². The Labute approximate surface area is 96.5 Å². The quantitative estimate of drug-likeness (QED) is 0.847. The normalized spacial score (nSPS) is 36.4. The second-order valence-corrected chi connectivity index (χ2v) is 5.16. The number of hydrogen-bond donors (Lipinski definition) is 1. The maximum Gasteiger partial charge on any atom is 0.113 e. The molecule has 0 amide bonds. The maximum absolute atomic E-state index is 10.7. The molecule has 2 fully saturated rings. The highest BCUT2D eigenvalue weighted by atomic mass is 16.3. The van der Waals surface area contributed by atoms with E-state index < -0.39 is 5.60 Å². The molecule has 0 bridgehead atoms. The Hall–Kier alpha value is -0.830. The average Bonchev–Trinajstić information content (AvgIpc) is 2.77. The van der Waals surface area contributed by atoms with Gasteiger partial charge < -0.3 is 5.11 Å². The van der Waals surface area contributed by atoms with E-state index in [2.05, 4.69) is 25.0 Å². The van der Waals surface area contributed by atoms with Gasteiger partial charge in [0.25, 0.3) is 0 Å². The van der Waals surface area contributed by atoms with E-state index in [1.165, 1.54) is 19.3 Å². The minimum atomic E-state index is -0.533. The Morgan fingerprint density at radius 1 is 1.44 bits per heavy atom. The molecular formula is C13H20N2O. The van der Waals surface area contributed by atoms with Crippen molar-refractivity contribution in [1.82, 2.24) is 9.78 Å². The third-order valence-corrected chi connectivity index (χ3v) is 4.44. The summed E-state index contributed by atoms with van der Waals surface area (Å²) in [5.74, 6) is 1.03. The molecule has 3 rings (SSSR count). The van der Waals surface area contributed by atoms with Crippen molar-refractivity contribution in [2.24, 2.45) is 11.8 Å². The van der Waals surface area contributed by atoms with Crippen LogP contribution in [-0.2, 0) is 18.6 Å². The zero-order valence-electron chi connectivity index (χ0n) is 10.1. The molecule has 1 heterocycles. The van der Waals surface area contributed by atoms with E-state index in [1.807, 2.05) is 4.68 Å². The summed E-state index contributed by atoms with van der Waals surface area (Å²) in [6, 6.07) is 2.11. The van der Waals surface area contributed by atoms with Gasteiger partial charge in [-0.25, -0.2) is 0 Å². The molecule has 16 heavy (non-hydrogen) atoms. The first kappa shape index (κ1) is 10.3. The van der Waals surface area contributed by atoms with Crippen LogP contribution in [0.2, 0.25) is 0 Å². The molecule has 88 valence electrons. The fourth-order valence-corrected chi connectivity index (χ4v) is 3.51. The molecule has 3 nitrogen and oxygen atoms in total. The van der Waals surface area contributed by atoms with Crippen LogP contribution in [0.3, 0.4) is 0 Å². The molecule has 2 unspecified atom stereocenters. The Bertz CT molecular complexity index is 400. The number of aryl methyl sites for hydroxylation is 2. The van der Waals surface area contributed by atoms with Gasteiger partial charge in [-0.1, -0.05) is 13.3 Å². The fraction of sp³-hybridized carbons (Fsp3) is 0.769. The van der Waals surface area contributed by atoms with Crippen LogP contribution in [-0.4, -0.2) is 14.9 Å². The minimum absolute atomic E-state index is 0.513. The Kier molecular flexibility index (Phi) is 2.15. The fourth-order valence-electron chi connectivity index (χ4n) is 3.51. The first-order chi connectivity index (χ1) is 7.71. The number of hydrogen-bond acceptors (Lipinski definition) is 2. The van der Waals surface area contributed by atoms with Crippen molar-refractivity contribution in [1.29, 1.82) is 0 Å². The van der Waals surface area contributed by atoms with Crippen molar-refractivity contribution in [2.45, 2.75) is 51.7 Å². The molecule has 0 aromatic carbocycles. The van der Waals surface area contributed by atoms with E-state index in [0.717, 1.165) is 24.4 Å². The first-order valence-electron chi connectivity index (χ1n) is 6.51. The van der Waals surface area contributed by atoms with Gasteiger partial charge in [-0.3, -0.25) is 4.68 Å². The van der Waals surface area contributed by atoms with Gasteiger partial charge in [0, 0.05) is 6.54 Å². The summed E-state index contributed by atoms with van der Waals surface area (Å²) < 4.78 is 2.00. The third-order valence-electron chi connectivity index (χ3n) is 4.44. The SMILES string of the molecule is CCc1cc(C2(O)C3CCCC32)n(CC)n1.